The van der Waals surface area contributed by atoms with E-state index in [9.17, 15) is 9.59 Å². The molecule has 0 aliphatic heterocycles. The fourth-order valence-electron chi connectivity index (χ4n) is 3.33. The average Bonchev–Trinajstić information content (AvgIpc) is 2.67. The highest BCUT2D eigenvalue weighted by molar-refractivity contribution is 6.39. The second-order valence-corrected chi connectivity index (χ2v) is 7.13. The van der Waals surface area contributed by atoms with Gasteiger partial charge in [-0.15, -0.1) is 0 Å². The Balaban J connectivity index is 1.73. The summed E-state index contributed by atoms with van der Waals surface area (Å²) in [7, 11) is 0. The highest BCUT2D eigenvalue weighted by Crippen LogP contribution is 2.26. The normalized spacial score (nSPS) is 19.6. The molecule has 5 nitrogen and oxygen atoms in total. The molecule has 1 aliphatic rings. The van der Waals surface area contributed by atoms with E-state index in [0.717, 1.165) is 56.6 Å². The Morgan fingerprint density at radius 1 is 1.00 bits per heavy atom. The van der Waals surface area contributed by atoms with E-state index < -0.39 is 11.8 Å². The van der Waals surface area contributed by atoms with Crippen LogP contribution in [0.4, 0.5) is 5.69 Å². The second-order valence-electron chi connectivity index (χ2n) is 7.13. The van der Waals surface area contributed by atoms with Crippen molar-refractivity contribution in [3.8, 4) is 5.75 Å². The van der Waals surface area contributed by atoms with Crippen molar-refractivity contribution in [2.45, 2.75) is 71.3 Å². The zero-order chi connectivity index (χ0) is 18.8. The third-order valence-corrected chi connectivity index (χ3v) is 5.09. The maximum atomic E-state index is 12.1. The van der Waals surface area contributed by atoms with Gasteiger partial charge in [-0.2, -0.15) is 0 Å². The van der Waals surface area contributed by atoms with Gasteiger partial charge < -0.3 is 15.4 Å². The average molecular weight is 360 g/mol. The van der Waals surface area contributed by atoms with Crippen molar-refractivity contribution in [1.82, 2.24) is 5.32 Å². The van der Waals surface area contributed by atoms with Crippen LogP contribution in [0.15, 0.2) is 24.3 Å². The zero-order valence-corrected chi connectivity index (χ0v) is 16.1. The minimum atomic E-state index is -0.612. The van der Waals surface area contributed by atoms with Gasteiger partial charge in [-0.25, -0.2) is 0 Å². The fraction of sp³-hybridized carbons (Fsp3) is 0.619. The van der Waals surface area contributed by atoms with Crippen LogP contribution in [-0.2, 0) is 9.59 Å². The van der Waals surface area contributed by atoms with E-state index in [0.29, 0.717) is 12.3 Å². The minimum Gasteiger partial charge on any atom is -0.494 e. The van der Waals surface area contributed by atoms with Gasteiger partial charge in [0.05, 0.1) is 6.61 Å². The monoisotopic (exact) mass is 360 g/mol. The smallest absolute Gasteiger partial charge is 0.313 e. The van der Waals surface area contributed by atoms with Crippen LogP contribution >= 0.6 is 0 Å². The summed E-state index contributed by atoms with van der Waals surface area (Å²) < 4.78 is 5.64. The van der Waals surface area contributed by atoms with Gasteiger partial charge in [0, 0.05) is 11.7 Å². The Kier molecular flexibility index (Phi) is 8.45. The summed E-state index contributed by atoms with van der Waals surface area (Å²) in [4.78, 5) is 24.2. The molecule has 26 heavy (non-hydrogen) atoms. The summed E-state index contributed by atoms with van der Waals surface area (Å²) in [6.45, 7) is 5.06. The quantitative estimate of drug-likeness (QED) is 0.537. The number of hydrogen-bond donors (Lipinski definition) is 2. The molecule has 5 heteroatoms. The first-order chi connectivity index (χ1) is 12.6. The van der Waals surface area contributed by atoms with Crippen molar-refractivity contribution in [1.29, 1.82) is 0 Å². The number of anilines is 1. The number of carbonyl (C=O) groups is 2. The van der Waals surface area contributed by atoms with Crippen LogP contribution in [0.2, 0.25) is 0 Å². The van der Waals surface area contributed by atoms with E-state index in [1.165, 1.54) is 6.42 Å². The molecule has 0 atom stereocenters. The molecule has 1 aromatic rings. The molecular weight excluding hydrogens is 328 g/mol. The SMILES string of the molecule is CCCCCOc1ccc(NC(=O)C(=O)NC2CCC(CC)CC2)cc1. The molecule has 0 unspecified atom stereocenters. The third kappa shape index (κ3) is 6.70. The number of rotatable bonds is 8. The summed E-state index contributed by atoms with van der Waals surface area (Å²) in [6.07, 6.45) is 8.73. The van der Waals surface area contributed by atoms with Gasteiger partial charge in [0.25, 0.3) is 0 Å². The fourth-order valence-corrected chi connectivity index (χ4v) is 3.33. The van der Waals surface area contributed by atoms with E-state index in [1.54, 1.807) is 12.1 Å². The molecular formula is C21H32N2O3. The Labute approximate surface area is 156 Å². The number of amides is 2. The predicted molar refractivity (Wildman–Crippen MR) is 104 cm³/mol. The summed E-state index contributed by atoms with van der Waals surface area (Å²) in [5, 5.41) is 5.51. The molecule has 0 spiro atoms. The van der Waals surface area contributed by atoms with Crippen molar-refractivity contribution in [3.05, 3.63) is 24.3 Å². The molecule has 1 aliphatic carbocycles. The van der Waals surface area contributed by atoms with Crippen molar-refractivity contribution in [2.75, 3.05) is 11.9 Å². The van der Waals surface area contributed by atoms with Gasteiger partial charge in [0.1, 0.15) is 5.75 Å². The van der Waals surface area contributed by atoms with Crippen molar-refractivity contribution >= 4 is 17.5 Å². The molecule has 0 radical (unpaired) electrons. The van der Waals surface area contributed by atoms with Gasteiger partial charge in [-0.1, -0.05) is 33.1 Å². The zero-order valence-electron chi connectivity index (χ0n) is 16.1. The maximum absolute atomic E-state index is 12.1. The number of unbranched alkanes of at least 4 members (excludes halogenated alkanes) is 2. The molecule has 2 amide bonds. The molecule has 0 saturated heterocycles. The lowest BCUT2D eigenvalue weighted by Crippen LogP contribution is -2.43. The molecule has 0 aromatic heterocycles. The first-order valence-electron chi connectivity index (χ1n) is 9.97. The van der Waals surface area contributed by atoms with Crippen LogP contribution in [0.25, 0.3) is 0 Å². The van der Waals surface area contributed by atoms with E-state index in [-0.39, 0.29) is 6.04 Å². The van der Waals surface area contributed by atoms with E-state index in [4.69, 9.17) is 4.74 Å². The lowest BCUT2D eigenvalue weighted by atomic mass is 9.84. The van der Waals surface area contributed by atoms with Gasteiger partial charge in [-0.05, 0) is 62.3 Å². The van der Waals surface area contributed by atoms with Crippen molar-refractivity contribution in [3.63, 3.8) is 0 Å². The summed E-state index contributed by atoms with van der Waals surface area (Å²) >= 11 is 0. The van der Waals surface area contributed by atoms with E-state index in [2.05, 4.69) is 24.5 Å². The molecule has 0 bridgehead atoms. The molecule has 2 N–H and O–H groups in total. The summed E-state index contributed by atoms with van der Waals surface area (Å²) in [5.41, 5.74) is 0.598. The lowest BCUT2D eigenvalue weighted by molar-refractivity contribution is -0.136. The molecule has 1 fully saturated rings. The first-order valence-corrected chi connectivity index (χ1v) is 9.97. The molecule has 1 saturated carbocycles. The topological polar surface area (TPSA) is 67.4 Å². The van der Waals surface area contributed by atoms with E-state index in [1.807, 2.05) is 12.1 Å². The molecule has 144 valence electrons. The van der Waals surface area contributed by atoms with Gasteiger partial charge >= 0.3 is 11.8 Å². The number of nitrogens with one attached hydrogen (secondary N) is 2. The Morgan fingerprint density at radius 2 is 1.69 bits per heavy atom. The summed E-state index contributed by atoms with van der Waals surface area (Å²) in [6, 6.07) is 7.26. The van der Waals surface area contributed by atoms with Crippen LogP contribution in [0.5, 0.6) is 5.75 Å². The number of carbonyl (C=O) groups excluding carboxylic acids is 2. The first kappa shape index (κ1) is 20.3. The molecule has 2 rings (SSSR count). The van der Waals surface area contributed by atoms with Crippen molar-refractivity contribution in [2.24, 2.45) is 5.92 Å². The van der Waals surface area contributed by atoms with Crippen LogP contribution in [0.1, 0.15) is 65.2 Å². The Morgan fingerprint density at radius 3 is 2.31 bits per heavy atom. The van der Waals surface area contributed by atoms with Crippen molar-refractivity contribution < 1.29 is 14.3 Å². The number of benzene rings is 1. The van der Waals surface area contributed by atoms with Crippen LogP contribution in [0.3, 0.4) is 0 Å². The standard InChI is InChI=1S/C21H32N2O3/c1-3-5-6-15-26-19-13-11-18(12-14-19)23-21(25)20(24)22-17-9-7-16(4-2)8-10-17/h11-14,16-17H,3-10,15H2,1-2H3,(H,22,24)(H,23,25). The molecule has 0 heterocycles. The minimum absolute atomic E-state index is 0.120. The summed E-state index contributed by atoms with van der Waals surface area (Å²) in [5.74, 6) is 0.375. The largest absolute Gasteiger partial charge is 0.494 e. The second kappa shape index (κ2) is 10.8. The third-order valence-electron chi connectivity index (χ3n) is 5.09. The highest BCUT2D eigenvalue weighted by atomic mass is 16.5. The van der Waals surface area contributed by atoms with Crippen LogP contribution in [0, 0.1) is 5.92 Å². The molecule has 1 aromatic carbocycles. The maximum Gasteiger partial charge on any atom is 0.313 e. The van der Waals surface area contributed by atoms with E-state index >= 15 is 0 Å². The Bertz CT molecular complexity index is 563. The highest BCUT2D eigenvalue weighted by Gasteiger charge is 2.23. The van der Waals surface area contributed by atoms with Gasteiger partial charge in [-0.3, -0.25) is 9.59 Å². The van der Waals surface area contributed by atoms with Crippen LogP contribution in [-0.4, -0.2) is 24.5 Å². The van der Waals surface area contributed by atoms with Gasteiger partial charge in [0.15, 0.2) is 0 Å². The number of hydrogen-bond acceptors (Lipinski definition) is 3. The lowest BCUT2D eigenvalue weighted by Gasteiger charge is -2.28. The Hall–Kier alpha value is -2.04. The van der Waals surface area contributed by atoms with Gasteiger partial charge in [0.2, 0.25) is 0 Å². The number of ether oxygens (including phenoxy) is 1. The predicted octanol–water partition coefficient (Wildman–Crippen LogP) is 4.28. The van der Waals surface area contributed by atoms with Crippen LogP contribution < -0.4 is 15.4 Å².